The van der Waals surface area contributed by atoms with Crippen LogP contribution in [0.5, 0.6) is 11.5 Å². The maximum absolute atomic E-state index is 13.8. The summed E-state index contributed by atoms with van der Waals surface area (Å²) >= 11 is 0. The quantitative estimate of drug-likeness (QED) is 0.389. The molecule has 8 nitrogen and oxygen atoms in total. The van der Waals surface area contributed by atoms with Crippen LogP contribution >= 0.6 is 0 Å². The van der Waals surface area contributed by atoms with Crippen LogP contribution in [0.1, 0.15) is 82.2 Å². The maximum atomic E-state index is 13.8. The van der Waals surface area contributed by atoms with Gasteiger partial charge in [-0.15, -0.1) is 0 Å². The van der Waals surface area contributed by atoms with Gasteiger partial charge in [0.05, 0.1) is 39.7 Å². The van der Waals surface area contributed by atoms with Crippen LogP contribution in [-0.2, 0) is 26.1 Å². The van der Waals surface area contributed by atoms with Crippen LogP contribution in [0.3, 0.4) is 0 Å². The first-order chi connectivity index (χ1) is 20.5. The largest absolute Gasteiger partial charge is 0.493 e. The molecule has 1 amide bonds. The first kappa shape index (κ1) is 28.8. The molecule has 0 bridgehead atoms. The Balaban J connectivity index is 1.37. The predicted octanol–water partition coefficient (Wildman–Crippen LogP) is 5.06. The van der Waals surface area contributed by atoms with Crippen molar-refractivity contribution in [1.29, 1.82) is 0 Å². The smallest absolute Gasteiger partial charge is 0.290 e. The highest BCUT2D eigenvalue weighted by Crippen LogP contribution is 2.48. The molecular weight excluding hydrogens is 532 g/mol. The summed E-state index contributed by atoms with van der Waals surface area (Å²) in [5.41, 5.74) is 6.50. The van der Waals surface area contributed by atoms with Crippen molar-refractivity contribution in [3.8, 4) is 11.5 Å². The van der Waals surface area contributed by atoms with E-state index in [-0.39, 0.29) is 31.2 Å². The van der Waals surface area contributed by atoms with Crippen LogP contribution in [0.15, 0.2) is 47.1 Å². The number of piperidine rings is 1. The fraction of sp³-hybridized carbons (Fsp3) is 0.500. The molecule has 1 aromatic heterocycles. The number of hydrogen-bond donors (Lipinski definition) is 2. The molecule has 3 aromatic rings. The number of aliphatic hydroxyl groups is 2. The first-order valence-electron chi connectivity index (χ1n) is 15.2. The SMILES string of the molecule is CCC1CN2CCc3cc(CO)c(CO)cc3C2CC1CC1c2cc(OC)c(OC)cc2CCN1C(=O)c1ccco1. The molecule has 2 N–H and O–H groups in total. The highest BCUT2D eigenvalue weighted by Gasteiger charge is 2.42. The van der Waals surface area contributed by atoms with Crippen LogP contribution in [0, 0.1) is 11.8 Å². The average molecular weight is 575 g/mol. The third-order valence-corrected chi connectivity index (χ3v) is 9.98. The van der Waals surface area contributed by atoms with Crippen molar-refractivity contribution < 1.29 is 28.9 Å². The Morgan fingerprint density at radius 2 is 1.67 bits per heavy atom. The molecule has 0 spiro atoms. The normalized spacial score (nSPS) is 23.6. The number of furan rings is 1. The lowest BCUT2D eigenvalue weighted by Gasteiger charge is -2.49. The summed E-state index contributed by atoms with van der Waals surface area (Å²) in [6.45, 7) is 4.76. The summed E-state index contributed by atoms with van der Waals surface area (Å²) in [5, 5.41) is 19.9. The van der Waals surface area contributed by atoms with Crippen LogP contribution in [-0.4, -0.2) is 59.8 Å². The number of aliphatic hydroxyl groups excluding tert-OH is 2. The van der Waals surface area contributed by atoms with E-state index in [2.05, 4.69) is 36.1 Å². The van der Waals surface area contributed by atoms with Gasteiger partial charge >= 0.3 is 0 Å². The van der Waals surface area contributed by atoms with Gasteiger partial charge in [-0.1, -0.05) is 25.5 Å². The average Bonchev–Trinajstić information content (AvgIpc) is 3.58. The number of amides is 1. The summed E-state index contributed by atoms with van der Waals surface area (Å²) in [7, 11) is 3.31. The van der Waals surface area contributed by atoms with Crippen molar-refractivity contribution in [3.05, 3.63) is 81.8 Å². The summed E-state index contributed by atoms with van der Waals surface area (Å²) in [6.07, 6.45) is 6.14. The monoisotopic (exact) mass is 574 g/mol. The van der Waals surface area contributed by atoms with Gasteiger partial charge in [-0.25, -0.2) is 0 Å². The minimum absolute atomic E-state index is 0.0625. The molecule has 4 heterocycles. The molecule has 224 valence electrons. The zero-order valence-electron chi connectivity index (χ0n) is 24.8. The number of fused-ring (bicyclic) bond motifs is 4. The molecule has 1 saturated heterocycles. The molecule has 4 unspecified atom stereocenters. The molecule has 8 heteroatoms. The van der Waals surface area contributed by atoms with Gasteiger partial charge in [0.15, 0.2) is 17.3 Å². The van der Waals surface area contributed by atoms with Crippen molar-refractivity contribution in [1.82, 2.24) is 9.80 Å². The van der Waals surface area contributed by atoms with E-state index in [9.17, 15) is 15.0 Å². The Hall–Kier alpha value is -3.33. The van der Waals surface area contributed by atoms with Gasteiger partial charge < -0.3 is 29.0 Å². The lowest BCUT2D eigenvalue weighted by atomic mass is 9.71. The molecule has 3 aliphatic rings. The van der Waals surface area contributed by atoms with Crippen LogP contribution in [0.4, 0.5) is 0 Å². The van der Waals surface area contributed by atoms with E-state index in [0.29, 0.717) is 35.6 Å². The number of ether oxygens (including phenoxy) is 2. The third-order valence-electron chi connectivity index (χ3n) is 9.98. The molecule has 0 aliphatic carbocycles. The minimum atomic E-state index is -0.121. The van der Waals surface area contributed by atoms with Crippen molar-refractivity contribution >= 4 is 5.91 Å². The molecule has 0 saturated carbocycles. The Morgan fingerprint density at radius 1 is 0.952 bits per heavy atom. The predicted molar refractivity (Wildman–Crippen MR) is 159 cm³/mol. The number of hydrogen-bond acceptors (Lipinski definition) is 7. The topological polar surface area (TPSA) is 95.6 Å². The number of carbonyl (C=O) groups is 1. The number of benzene rings is 2. The Kier molecular flexibility index (Phi) is 8.30. The van der Waals surface area contributed by atoms with Crippen molar-refractivity contribution in [2.75, 3.05) is 33.9 Å². The maximum Gasteiger partial charge on any atom is 0.290 e. The zero-order chi connectivity index (χ0) is 29.4. The van der Waals surface area contributed by atoms with E-state index >= 15 is 0 Å². The van der Waals surface area contributed by atoms with E-state index in [1.165, 1.54) is 16.7 Å². The van der Waals surface area contributed by atoms with Gasteiger partial charge in [0.25, 0.3) is 5.91 Å². The number of methoxy groups -OCH3 is 2. The van der Waals surface area contributed by atoms with Crippen molar-refractivity contribution in [3.63, 3.8) is 0 Å². The highest BCUT2D eigenvalue weighted by atomic mass is 16.5. The number of carbonyl (C=O) groups excluding carboxylic acids is 1. The van der Waals surface area contributed by atoms with Crippen LogP contribution in [0.2, 0.25) is 0 Å². The molecule has 6 rings (SSSR count). The molecule has 4 atom stereocenters. The Labute approximate surface area is 247 Å². The van der Waals surface area contributed by atoms with Gasteiger partial charge in [0.2, 0.25) is 0 Å². The Morgan fingerprint density at radius 3 is 2.36 bits per heavy atom. The molecule has 1 fully saturated rings. The van der Waals surface area contributed by atoms with Crippen molar-refractivity contribution in [2.24, 2.45) is 11.8 Å². The Bertz CT molecular complexity index is 1420. The van der Waals surface area contributed by atoms with Gasteiger partial charge in [0.1, 0.15) is 0 Å². The van der Waals surface area contributed by atoms with Gasteiger partial charge in [-0.2, -0.15) is 0 Å². The van der Waals surface area contributed by atoms with E-state index in [1.54, 1.807) is 32.6 Å². The van der Waals surface area contributed by atoms with Crippen LogP contribution < -0.4 is 9.47 Å². The zero-order valence-corrected chi connectivity index (χ0v) is 24.8. The lowest BCUT2D eigenvalue weighted by Crippen LogP contribution is -2.47. The molecule has 3 aliphatic heterocycles. The molecule has 0 radical (unpaired) electrons. The first-order valence-corrected chi connectivity index (χ1v) is 15.2. The fourth-order valence-corrected chi connectivity index (χ4v) is 7.73. The standard InChI is InChI=1S/C34H42N2O6/c1-4-21-18-35-9-7-22-12-25(19-37)26(20-38)13-27(22)29(35)14-24(21)15-30-28-17-33(41-3)32(40-2)16-23(28)8-10-36(30)34(39)31-6-5-11-42-31/h5-6,11-13,16-17,21,24,29-30,37-38H,4,7-10,14-15,18-20H2,1-3H3. The van der Waals surface area contributed by atoms with Gasteiger partial charge in [-0.05, 0) is 95.2 Å². The summed E-state index contributed by atoms with van der Waals surface area (Å²) < 4.78 is 16.9. The van der Waals surface area contributed by atoms with E-state index < -0.39 is 0 Å². The summed E-state index contributed by atoms with van der Waals surface area (Å²) in [5.74, 6) is 2.55. The lowest BCUT2D eigenvalue weighted by molar-refractivity contribution is 0.0278. The highest BCUT2D eigenvalue weighted by molar-refractivity contribution is 5.92. The van der Waals surface area contributed by atoms with Crippen LogP contribution in [0.25, 0.3) is 0 Å². The van der Waals surface area contributed by atoms with E-state index in [1.807, 2.05) is 4.90 Å². The molecule has 42 heavy (non-hydrogen) atoms. The molecule has 2 aromatic carbocycles. The summed E-state index contributed by atoms with van der Waals surface area (Å²) in [4.78, 5) is 18.4. The third kappa shape index (κ3) is 5.10. The van der Waals surface area contributed by atoms with Crippen molar-refractivity contribution in [2.45, 2.75) is 64.3 Å². The van der Waals surface area contributed by atoms with Gasteiger partial charge in [0, 0.05) is 25.7 Å². The second kappa shape index (κ2) is 12.1. The fourth-order valence-electron chi connectivity index (χ4n) is 7.73. The summed E-state index contributed by atoms with van der Waals surface area (Å²) in [6, 6.07) is 12.0. The van der Waals surface area contributed by atoms with Gasteiger partial charge in [-0.3, -0.25) is 9.69 Å². The van der Waals surface area contributed by atoms with E-state index in [0.717, 1.165) is 61.9 Å². The number of rotatable bonds is 8. The second-order valence-electron chi connectivity index (χ2n) is 11.9. The number of nitrogens with zero attached hydrogens (tertiary/aromatic N) is 2. The van der Waals surface area contributed by atoms with E-state index in [4.69, 9.17) is 13.9 Å². The minimum Gasteiger partial charge on any atom is -0.493 e. The second-order valence-corrected chi connectivity index (χ2v) is 11.9. The molecular formula is C34H42N2O6.